The van der Waals surface area contributed by atoms with E-state index in [1.165, 1.54) is 11.6 Å². The number of rotatable bonds is 4. The maximum absolute atomic E-state index is 12.1. The lowest BCUT2D eigenvalue weighted by molar-refractivity contribution is 0.0957. The first-order valence-electron chi connectivity index (χ1n) is 7.12. The van der Waals surface area contributed by atoms with Crippen LogP contribution in [0.15, 0.2) is 9.59 Å². The molecule has 0 bridgehead atoms. The van der Waals surface area contributed by atoms with Gasteiger partial charge in [0.1, 0.15) is 16.2 Å². The standard InChI is InChI=1S/C13H15N7O3S/c1-6-9(24-18-17-6)11(21)14-5-4-7-15-8-10(16-7)19(2)13(23)20(3)12(8)22/h4-5H2,1-3H3,(H,14,21)(H,15,16). The fourth-order valence-corrected chi connectivity index (χ4v) is 2.88. The van der Waals surface area contributed by atoms with Gasteiger partial charge in [0, 0.05) is 27.1 Å². The van der Waals surface area contributed by atoms with Crippen molar-refractivity contribution in [2.24, 2.45) is 14.1 Å². The Balaban J connectivity index is 1.77. The van der Waals surface area contributed by atoms with E-state index in [0.29, 0.717) is 35.0 Å². The molecule has 24 heavy (non-hydrogen) atoms. The number of amides is 1. The van der Waals surface area contributed by atoms with E-state index in [1.54, 1.807) is 14.0 Å². The quantitative estimate of drug-likeness (QED) is 0.628. The van der Waals surface area contributed by atoms with Gasteiger partial charge in [0.25, 0.3) is 11.5 Å². The summed E-state index contributed by atoms with van der Waals surface area (Å²) in [5.41, 5.74) is 0.282. The van der Waals surface area contributed by atoms with Crippen molar-refractivity contribution in [3.05, 3.63) is 37.2 Å². The summed E-state index contributed by atoms with van der Waals surface area (Å²) in [6.45, 7) is 2.04. The third kappa shape index (κ3) is 2.62. The third-order valence-electron chi connectivity index (χ3n) is 3.65. The van der Waals surface area contributed by atoms with E-state index in [9.17, 15) is 14.4 Å². The fourth-order valence-electron chi connectivity index (χ4n) is 2.31. The van der Waals surface area contributed by atoms with E-state index < -0.39 is 11.2 Å². The molecule has 3 rings (SSSR count). The van der Waals surface area contributed by atoms with Gasteiger partial charge in [-0.25, -0.2) is 9.78 Å². The van der Waals surface area contributed by atoms with Gasteiger partial charge >= 0.3 is 5.69 Å². The summed E-state index contributed by atoms with van der Waals surface area (Å²) in [6.07, 6.45) is 0.392. The molecule has 11 heteroatoms. The molecule has 0 saturated heterocycles. The van der Waals surface area contributed by atoms with Crippen LogP contribution < -0.4 is 16.6 Å². The molecule has 126 valence electrons. The van der Waals surface area contributed by atoms with E-state index in [2.05, 4.69) is 24.9 Å². The topological polar surface area (TPSA) is 128 Å². The molecule has 3 aromatic rings. The fraction of sp³-hybridized carbons (Fsp3) is 0.385. The van der Waals surface area contributed by atoms with Gasteiger partial charge in [-0.1, -0.05) is 4.49 Å². The molecule has 0 atom stereocenters. The molecule has 1 amide bonds. The van der Waals surface area contributed by atoms with Crippen LogP contribution in [0.1, 0.15) is 21.2 Å². The van der Waals surface area contributed by atoms with Crippen LogP contribution in [0.2, 0.25) is 0 Å². The number of hydrogen-bond acceptors (Lipinski definition) is 7. The number of H-pyrrole nitrogens is 1. The Morgan fingerprint density at radius 1 is 1.29 bits per heavy atom. The smallest absolute Gasteiger partial charge is 0.332 e. The molecule has 0 saturated carbocycles. The Morgan fingerprint density at radius 3 is 2.71 bits per heavy atom. The first-order valence-corrected chi connectivity index (χ1v) is 7.89. The van der Waals surface area contributed by atoms with E-state index in [0.717, 1.165) is 16.1 Å². The lowest BCUT2D eigenvalue weighted by Crippen LogP contribution is -2.36. The van der Waals surface area contributed by atoms with Crippen LogP contribution in [-0.2, 0) is 20.5 Å². The molecule has 0 spiro atoms. The third-order valence-corrected chi connectivity index (χ3v) is 4.48. The number of aromatic nitrogens is 6. The number of carbonyl (C=O) groups is 1. The van der Waals surface area contributed by atoms with Gasteiger partial charge in [-0.2, -0.15) is 0 Å². The van der Waals surface area contributed by atoms with E-state index in [4.69, 9.17) is 0 Å². The van der Waals surface area contributed by atoms with Crippen LogP contribution in [0.5, 0.6) is 0 Å². The van der Waals surface area contributed by atoms with Crippen LogP contribution in [0.4, 0.5) is 0 Å². The molecule has 0 fully saturated rings. The first kappa shape index (κ1) is 16.1. The average molecular weight is 349 g/mol. The molecule has 0 aromatic carbocycles. The van der Waals surface area contributed by atoms with Crippen molar-refractivity contribution >= 4 is 28.6 Å². The van der Waals surface area contributed by atoms with Crippen LogP contribution in [0, 0.1) is 6.92 Å². The summed E-state index contributed by atoms with van der Waals surface area (Å²) in [5, 5.41) is 6.54. The Morgan fingerprint density at radius 2 is 2.04 bits per heavy atom. The molecule has 0 unspecified atom stereocenters. The Labute approximate surface area is 139 Å². The summed E-state index contributed by atoms with van der Waals surface area (Å²) in [6, 6.07) is 0. The lowest BCUT2D eigenvalue weighted by atomic mass is 10.3. The zero-order chi connectivity index (χ0) is 17.4. The van der Waals surface area contributed by atoms with E-state index in [-0.39, 0.29) is 11.4 Å². The van der Waals surface area contributed by atoms with Gasteiger partial charge in [-0.05, 0) is 18.5 Å². The van der Waals surface area contributed by atoms with Crippen LogP contribution >= 0.6 is 11.5 Å². The summed E-state index contributed by atoms with van der Waals surface area (Å²) >= 11 is 1.04. The Hall–Kier alpha value is -2.82. The average Bonchev–Trinajstić information content (AvgIpc) is 3.17. The number of nitrogens with zero attached hydrogens (tertiary/aromatic N) is 5. The highest BCUT2D eigenvalue weighted by atomic mass is 32.1. The summed E-state index contributed by atoms with van der Waals surface area (Å²) in [4.78, 5) is 43.6. The minimum absolute atomic E-state index is 0.248. The van der Waals surface area contributed by atoms with Crippen molar-refractivity contribution in [2.45, 2.75) is 13.3 Å². The van der Waals surface area contributed by atoms with E-state index >= 15 is 0 Å². The number of aromatic amines is 1. The van der Waals surface area contributed by atoms with Gasteiger partial charge < -0.3 is 10.3 Å². The highest BCUT2D eigenvalue weighted by Crippen LogP contribution is 2.08. The number of nitrogens with one attached hydrogen (secondary N) is 2. The minimum atomic E-state index is -0.438. The monoisotopic (exact) mass is 349 g/mol. The molecule has 0 aliphatic heterocycles. The zero-order valence-corrected chi connectivity index (χ0v) is 14.1. The highest BCUT2D eigenvalue weighted by Gasteiger charge is 2.15. The molecule has 3 heterocycles. The number of hydrogen-bond donors (Lipinski definition) is 2. The molecule has 0 aliphatic carbocycles. The van der Waals surface area contributed by atoms with Crippen molar-refractivity contribution in [3.63, 3.8) is 0 Å². The number of aryl methyl sites for hydroxylation is 2. The maximum Gasteiger partial charge on any atom is 0.332 e. The molecule has 0 aliphatic rings. The maximum atomic E-state index is 12.1. The second kappa shape index (κ2) is 6.00. The normalized spacial score (nSPS) is 11.1. The van der Waals surface area contributed by atoms with Crippen molar-refractivity contribution < 1.29 is 4.79 Å². The van der Waals surface area contributed by atoms with Gasteiger partial charge in [-0.15, -0.1) is 5.10 Å². The number of imidazole rings is 1. The molecule has 3 aromatic heterocycles. The summed E-state index contributed by atoms with van der Waals surface area (Å²) in [7, 11) is 2.96. The predicted molar refractivity (Wildman–Crippen MR) is 87.3 cm³/mol. The van der Waals surface area contributed by atoms with Crippen molar-refractivity contribution in [2.75, 3.05) is 6.54 Å². The van der Waals surface area contributed by atoms with Crippen molar-refractivity contribution in [1.82, 2.24) is 34.0 Å². The summed E-state index contributed by atoms with van der Waals surface area (Å²) < 4.78 is 6.04. The zero-order valence-electron chi connectivity index (χ0n) is 13.3. The molecule has 2 N–H and O–H groups in total. The van der Waals surface area contributed by atoms with Crippen molar-refractivity contribution in [1.29, 1.82) is 0 Å². The Kier molecular flexibility index (Phi) is 4.01. The predicted octanol–water partition coefficient (Wildman–Crippen LogP) is -0.907. The summed E-state index contributed by atoms with van der Waals surface area (Å²) in [5.74, 6) is 0.268. The second-order valence-corrected chi connectivity index (χ2v) is 6.04. The molecular formula is C13H15N7O3S. The van der Waals surface area contributed by atoms with Gasteiger partial charge in [-0.3, -0.25) is 18.7 Å². The highest BCUT2D eigenvalue weighted by molar-refractivity contribution is 7.07. The van der Waals surface area contributed by atoms with Crippen LogP contribution in [0.3, 0.4) is 0 Å². The lowest BCUT2D eigenvalue weighted by Gasteiger charge is -2.01. The van der Waals surface area contributed by atoms with Gasteiger partial charge in [0.2, 0.25) is 0 Å². The molecule has 0 radical (unpaired) electrons. The number of fused-ring (bicyclic) bond motifs is 1. The van der Waals surface area contributed by atoms with Crippen molar-refractivity contribution in [3.8, 4) is 0 Å². The van der Waals surface area contributed by atoms with Gasteiger partial charge in [0.05, 0.1) is 5.69 Å². The first-order chi connectivity index (χ1) is 11.4. The largest absolute Gasteiger partial charge is 0.351 e. The Bertz CT molecular complexity index is 1040. The second-order valence-electron chi connectivity index (χ2n) is 5.28. The SMILES string of the molecule is Cc1nnsc1C(=O)NCCc1nc2c([nH]1)c(=O)n(C)c(=O)n2C. The van der Waals surface area contributed by atoms with Crippen LogP contribution in [0.25, 0.3) is 11.2 Å². The number of carbonyl (C=O) groups excluding carboxylic acids is 1. The van der Waals surface area contributed by atoms with Gasteiger partial charge in [0.15, 0.2) is 5.65 Å². The van der Waals surface area contributed by atoms with Crippen LogP contribution in [-0.4, -0.2) is 41.1 Å². The molecular weight excluding hydrogens is 334 g/mol. The molecule has 10 nitrogen and oxygen atoms in total. The minimum Gasteiger partial charge on any atom is -0.351 e. The van der Waals surface area contributed by atoms with E-state index in [1.807, 2.05) is 0 Å².